The highest BCUT2D eigenvalue weighted by atomic mass is 35.5. The first-order valence-corrected chi connectivity index (χ1v) is 11.5. The van der Waals surface area contributed by atoms with Gasteiger partial charge in [0.2, 0.25) is 0 Å². The summed E-state index contributed by atoms with van der Waals surface area (Å²) >= 11 is 12.5. The fraction of sp³-hybridized carbons (Fsp3) is 0.417. The van der Waals surface area contributed by atoms with Crippen LogP contribution in [0.5, 0.6) is 0 Å². The smallest absolute Gasteiger partial charge is 0.172 e. The highest BCUT2D eigenvalue weighted by Crippen LogP contribution is 2.28. The van der Waals surface area contributed by atoms with Crippen molar-refractivity contribution >= 4 is 45.9 Å². The highest BCUT2D eigenvalue weighted by Gasteiger charge is 2.23. The summed E-state index contributed by atoms with van der Waals surface area (Å²) in [6.45, 7) is 11.9. The highest BCUT2D eigenvalue weighted by molar-refractivity contribution is 6.33. The number of piperazine rings is 1. The molecule has 2 aromatic carbocycles. The molecule has 0 amide bonds. The molecule has 1 aliphatic heterocycles. The number of benzene rings is 2. The predicted molar refractivity (Wildman–Crippen MR) is 131 cm³/mol. The fourth-order valence-corrected chi connectivity index (χ4v) is 4.07. The maximum atomic E-state index is 6.37. The number of halogens is 2. The standard InChI is InChI=1S/C24H29Cl2N5/c1-24(2,3)16-27-22-23(29-21-7-5-4-6-20(21)28-22)31-12-10-30(11-13-31)15-17-14-18(25)8-9-19(17)26/h4-9,14H,10-13,15-16H2,1-3H3,(H,27,28). The Labute approximate surface area is 194 Å². The Morgan fingerprint density at radius 1 is 0.935 bits per heavy atom. The minimum absolute atomic E-state index is 0.152. The van der Waals surface area contributed by atoms with E-state index in [-0.39, 0.29) is 5.41 Å². The molecule has 0 spiro atoms. The molecule has 0 atom stereocenters. The van der Waals surface area contributed by atoms with Gasteiger partial charge in [-0.1, -0.05) is 56.1 Å². The third-order valence-electron chi connectivity index (χ3n) is 5.41. The molecule has 1 fully saturated rings. The van der Waals surface area contributed by atoms with Crippen molar-refractivity contribution in [2.45, 2.75) is 27.3 Å². The van der Waals surface area contributed by atoms with Crippen LogP contribution in [0.15, 0.2) is 42.5 Å². The fourth-order valence-electron chi connectivity index (χ4n) is 3.70. The zero-order valence-corrected chi connectivity index (χ0v) is 19.8. The lowest BCUT2D eigenvalue weighted by atomic mass is 9.97. The molecule has 2 heterocycles. The van der Waals surface area contributed by atoms with Gasteiger partial charge in [-0.2, -0.15) is 0 Å². The average molecular weight is 458 g/mol. The van der Waals surface area contributed by atoms with Crippen LogP contribution in [-0.2, 0) is 6.54 Å². The Kier molecular flexibility index (Phi) is 6.56. The van der Waals surface area contributed by atoms with E-state index in [4.69, 9.17) is 33.2 Å². The Bertz CT molecular complexity index is 1060. The predicted octanol–water partition coefficient (Wildman–Crippen LogP) is 5.72. The van der Waals surface area contributed by atoms with Crippen molar-refractivity contribution in [1.29, 1.82) is 0 Å². The summed E-state index contributed by atoms with van der Waals surface area (Å²) in [5, 5.41) is 5.03. The van der Waals surface area contributed by atoms with Gasteiger partial charge in [-0.3, -0.25) is 4.90 Å². The number of para-hydroxylation sites is 2. The molecule has 0 saturated carbocycles. The van der Waals surface area contributed by atoms with Gasteiger partial charge in [0.05, 0.1) is 11.0 Å². The summed E-state index contributed by atoms with van der Waals surface area (Å²) in [7, 11) is 0. The van der Waals surface area contributed by atoms with Crippen molar-refractivity contribution in [1.82, 2.24) is 14.9 Å². The number of nitrogens with zero attached hydrogens (tertiary/aromatic N) is 4. The summed E-state index contributed by atoms with van der Waals surface area (Å²) in [5.74, 6) is 1.79. The van der Waals surface area contributed by atoms with Crippen LogP contribution in [0.1, 0.15) is 26.3 Å². The van der Waals surface area contributed by atoms with E-state index in [1.54, 1.807) is 0 Å². The molecule has 1 aliphatic rings. The number of fused-ring (bicyclic) bond motifs is 1. The summed E-state index contributed by atoms with van der Waals surface area (Å²) in [5.41, 5.74) is 3.06. The number of anilines is 2. The van der Waals surface area contributed by atoms with E-state index in [1.165, 1.54) is 0 Å². The number of hydrogen-bond acceptors (Lipinski definition) is 5. The molecule has 1 saturated heterocycles. The van der Waals surface area contributed by atoms with E-state index in [2.05, 4.69) is 35.9 Å². The maximum Gasteiger partial charge on any atom is 0.172 e. The van der Waals surface area contributed by atoms with E-state index in [0.717, 1.165) is 77.5 Å². The van der Waals surface area contributed by atoms with Gasteiger partial charge in [0.25, 0.3) is 0 Å². The molecule has 0 unspecified atom stereocenters. The molecule has 1 aromatic heterocycles. The molecule has 31 heavy (non-hydrogen) atoms. The van der Waals surface area contributed by atoms with Crippen molar-refractivity contribution in [2.75, 3.05) is 42.9 Å². The van der Waals surface area contributed by atoms with Crippen LogP contribution < -0.4 is 10.2 Å². The SMILES string of the molecule is CC(C)(C)CNc1nc2ccccc2nc1N1CCN(Cc2cc(Cl)ccc2Cl)CC1. The second-order valence-corrected chi connectivity index (χ2v) is 10.1. The van der Waals surface area contributed by atoms with Crippen LogP contribution in [0.3, 0.4) is 0 Å². The zero-order valence-electron chi connectivity index (χ0n) is 18.3. The summed E-state index contributed by atoms with van der Waals surface area (Å²) in [6.07, 6.45) is 0. The van der Waals surface area contributed by atoms with Gasteiger partial charge < -0.3 is 10.2 Å². The first kappa shape index (κ1) is 22.1. The van der Waals surface area contributed by atoms with Gasteiger partial charge in [0.1, 0.15) is 0 Å². The first-order valence-electron chi connectivity index (χ1n) is 10.7. The maximum absolute atomic E-state index is 6.37. The normalized spacial score (nSPS) is 15.5. The monoisotopic (exact) mass is 457 g/mol. The number of hydrogen-bond donors (Lipinski definition) is 1. The topological polar surface area (TPSA) is 44.3 Å². The van der Waals surface area contributed by atoms with Crippen molar-refractivity contribution in [3.8, 4) is 0 Å². The quantitative estimate of drug-likeness (QED) is 0.530. The van der Waals surface area contributed by atoms with Crippen LogP contribution in [0.4, 0.5) is 11.6 Å². The van der Waals surface area contributed by atoms with Gasteiger partial charge in [-0.05, 0) is 41.3 Å². The van der Waals surface area contributed by atoms with Crippen molar-refractivity contribution in [3.05, 3.63) is 58.1 Å². The molecule has 0 aliphatic carbocycles. The molecule has 4 rings (SSSR count). The molecule has 164 valence electrons. The minimum Gasteiger partial charge on any atom is -0.366 e. The van der Waals surface area contributed by atoms with E-state index < -0.39 is 0 Å². The average Bonchev–Trinajstić information content (AvgIpc) is 2.74. The summed E-state index contributed by atoms with van der Waals surface area (Å²) in [6, 6.07) is 13.7. The van der Waals surface area contributed by atoms with E-state index in [1.807, 2.05) is 42.5 Å². The van der Waals surface area contributed by atoms with E-state index in [0.29, 0.717) is 0 Å². The number of rotatable bonds is 5. The van der Waals surface area contributed by atoms with Gasteiger partial charge in [0, 0.05) is 49.3 Å². The van der Waals surface area contributed by atoms with Gasteiger partial charge in [-0.15, -0.1) is 0 Å². The third kappa shape index (κ3) is 5.59. The van der Waals surface area contributed by atoms with Crippen molar-refractivity contribution < 1.29 is 0 Å². The summed E-state index contributed by atoms with van der Waals surface area (Å²) < 4.78 is 0. The minimum atomic E-state index is 0.152. The molecule has 7 heteroatoms. The lowest BCUT2D eigenvalue weighted by molar-refractivity contribution is 0.249. The first-order chi connectivity index (χ1) is 14.8. The largest absolute Gasteiger partial charge is 0.366 e. The Morgan fingerprint density at radius 2 is 1.61 bits per heavy atom. The lowest BCUT2D eigenvalue weighted by Gasteiger charge is -2.36. The molecular formula is C24H29Cl2N5. The van der Waals surface area contributed by atoms with Crippen LogP contribution in [0.25, 0.3) is 11.0 Å². The molecule has 0 bridgehead atoms. The van der Waals surface area contributed by atoms with Crippen LogP contribution in [-0.4, -0.2) is 47.6 Å². The molecule has 1 N–H and O–H groups in total. The van der Waals surface area contributed by atoms with Crippen LogP contribution in [0.2, 0.25) is 10.0 Å². The lowest BCUT2D eigenvalue weighted by Crippen LogP contribution is -2.46. The number of aromatic nitrogens is 2. The van der Waals surface area contributed by atoms with Crippen molar-refractivity contribution in [3.63, 3.8) is 0 Å². The Hall–Kier alpha value is -2.08. The van der Waals surface area contributed by atoms with E-state index in [9.17, 15) is 0 Å². The molecule has 5 nitrogen and oxygen atoms in total. The Morgan fingerprint density at radius 3 is 2.29 bits per heavy atom. The van der Waals surface area contributed by atoms with Crippen LogP contribution in [0, 0.1) is 5.41 Å². The second kappa shape index (κ2) is 9.19. The van der Waals surface area contributed by atoms with Crippen molar-refractivity contribution in [2.24, 2.45) is 5.41 Å². The third-order valence-corrected chi connectivity index (χ3v) is 6.02. The second-order valence-electron chi connectivity index (χ2n) is 9.30. The van der Waals surface area contributed by atoms with Gasteiger partial charge >= 0.3 is 0 Å². The summed E-state index contributed by atoms with van der Waals surface area (Å²) in [4.78, 5) is 14.6. The Balaban J connectivity index is 1.51. The van der Waals surface area contributed by atoms with E-state index >= 15 is 0 Å². The van der Waals surface area contributed by atoms with Gasteiger partial charge in [0.15, 0.2) is 11.6 Å². The molecule has 0 radical (unpaired) electrons. The number of nitrogens with one attached hydrogen (secondary N) is 1. The van der Waals surface area contributed by atoms with Gasteiger partial charge in [-0.25, -0.2) is 9.97 Å². The zero-order chi connectivity index (χ0) is 22.0. The molecular weight excluding hydrogens is 429 g/mol. The molecule has 3 aromatic rings. The van der Waals surface area contributed by atoms with Crippen LogP contribution >= 0.6 is 23.2 Å².